The van der Waals surface area contributed by atoms with Crippen molar-refractivity contribution in [2.75, 3.05) is 11.4 Å². The van der Waals surface area contributed by atoms with Gasteiger partial charge < -0.3 is 21.1 Å². The number of hydrogen-bond acceptors (Lipinski definition) is 5. The Bertz CT molecular complexity index is 840. The third-order valence-electron chi connectivity index (χ3n) is 4.51. The second kappa shape index (κ2) is 8.36. The van der Waals surface area contributed by atoms with E-state index in [2.05, 4.69) is 15.6 Å². The van der Waals surface area contributed by atoms with Crippen LogP contribution in [-0.4, -0.2) is 44.7 Å². The Balaban J connectivity index is 0.00000261. The summed E-state index contributed by atoms with van der Waals surface area (Å²) in [7, 11) is 0. The van der Waals surface area contributed by atoms with E-state index >= 15 is 0 Å². The zero-order valence-corrected chi connectivity index (χ0v) is 15.9. The molecule has 1 aliphatic rings. The maximum absolute atomic E-state index is 12.1. The van der Waals surface area contributed by atoms with Crippen LogP contribution < -0.4 is 16.0 Å². The van der Waals surface area contributed by atoms with Gasteiger partial charge in [0.15, 0.2) is 0 Å². The molecule has 0 aliphatic carbocycles. The van der Waals surface area contributed by atoms with Crippen molar-refractivity contribution in [1.82, 2.24) is 20.3 Å². The van der Waals surface area contributed by atoms with Crippen molar-refractivity contribution in [1.29, 1.82) is 0 Å². The van der Waals surface area contributed by atoms with Gasteiger partial charge in [0.1, 0.15) is 5.69 Å². The molecule has 0 unspecified atom stereocenters. The summed E-state index contributed by atoms with van der Waals surface area (Å²) in [4.78, 5) is 25.0. The van der Waals surface area contributed by atoms with Gasteiger partial charge in [0, 0.05) is 30.8 Å². The first-order chi connectivity index (χ1) is 12.4. The third-order valence-corrected chi connectivity index (χ3v) is 4.51. The van der Waals surface area contributed by atoms with E-state index in [-0.39, 0.29) is 24.4 Å². The molecule has 0 saturated carbocycles. The highest BCUT2D eigenvalue weighted by molar-refractivity contribution is 5.94. The molecule has 0 radical (unpaired) electrons. The van der Waals surface area contributed by atoms with E-state index in [9.17, 15) is 14.7 Å². The van der Waals surface area contributed by atoms with Crippen molar-refractivity contribution in [3.63, 3.8) is 0 Å². The van der Waals surface area contributed by atoms with Crippen LogP contribution in [0.5, 0.6) is 0 Å². The standard InChI is InChI=1S/C17H22N6O3.ClH/c1-10-7-14(19-17(25)26)13-8-12(3-4-16(13)23(10)11(2)24)15-9-22(6-5-18)21-20-15;/h3-4,8-10,14,19H,5-7,18H2,1-2H3,(H,25,26);1H/t10-,14+;/m0./s1. The number of halogens is 1. The lowest BCUT2D eigenvalue weighted by Gasteiger charge is -2.39. The summed E-state index contributed by atoms with van der Waals surface area (Å²) < 4.78 is 1.66. The molecular formula is C17H23ClN6O3. The fourth-order valence-electron chi connectivity index (χ4n) is 3.46. The number of nitrogens with zero attached hydrogens (tertiary/aromatic N) is 4. The number of aromatic nitrogens is 3. The first kappa shape index (κ1) is 20.7. The number of nitrogens with two attached hydrogens (primary N) is 1. The van der Waals surface area contributed by atoms with Crippen molar-refractivity contribution in [3.8, 4) is 11.3 Å². The molecular weight excluding hydrogens is 372 g/mol. The summed E-state index contributed by atoms with van der Waals surface area (Å²) in [5, 5.41) is 19.9. The van der Waals surface area contributed by atoms with E-state index in [1.54, 1.807) is 15.8 Å². The smallest absolute Gasteiger partial charge is 0.405 e. The molecule has 2 aromatic rings. The average Bonchev–Trinajstić information content (AvgIpc) is 3.02. The number of anilines is 1. The Morgan fingerprint density at radius 3 is 2.78 bits per heavy atom. The Hall–Kier alpha value is -2.65. The van der Waals surface area contributed by atoms with Gasteiger partial charge in [0.05, 0.1) is 18.8 Å². The largest absolute Gasteiger partial charge is 0.465 e. The van der Waals surface area contributed by atoms with Gasteiger partial charge in [-0.15, -0.1) is 17.5 Å². The number of rotatable bonds is 4. The highest BCUT2D eigenvalue weighted by Crippen LogP contribution is 2.39. The number of nitrogens with one attached hydrogen (secondary N) is 1. The van der Waals surface area contributed by atoms with Gasteiger partial charge in [-0.2, -0.15) is 0 Å². The van der Waals surface area contributed by atoms with Crippen molar-refractivity contribution in [2.24, 2.45) is 5.73 Å². The summed E-state index contributed by atoms with van der Waals surface area (Å²) in [6, 6.07) is 5.07. The van der Waals surface area contributed by atoms with E-state index in [1.807, 2.05) is 25.1 Å². The summed E-state index contributed by atoms with van der Waals surface area (Å²) in [6.45, 7) is 4.45. The van der Waals surface area contributed by atoms with E-state index in [4.69, 9.17) is 5.73 Å². The van der Waals surface area contributed by atoms with Crippen LogP contribution in [0.2, 0.25) is 0 Å². The van der Waals surface area contributed by atoms with Crippen LogP contribution in [0, 0.1) is 0 Å². The van der Waals surface area contributed by atoms with Gasteiger partial charge >= 0.3 is 6.09 Å². The van der Waals surface area contributed by atoms with Gasteiger partial charge in [-0.05, 0) is 31.0 Å². The highest BCUT2D eigenvalue weighted by atomic mass is 35.5. The number of amides is 2. The first-order valence-corrected chi connectivity index (χ1v) is 8.44. The predicted molar refractivity (Wildman–Crippen MR) is 103 cm³/mol. The fraction of sp³-hybridized carbons (Fsp3) is 0.412. The number of carboxylic acid groups (broad SMARTS) is 1. The average molecular weight is 395 g/mol. The molecule has 4 N–H and O–H groups in total. The second-order valence-corrected chi connectivity index (χ2v) is 6.40. The van der Waals surface area contributed by atoms with Gasteiger partial charge in [0.2, 0.25) is 5.91 Å². The van der Waals surface area contributed by atoms with Crippen LogP contribution in [0.15, 0.2) is 24.4 Å². The van der Waals surface area contributed by atoms with Crippen molar-refractivity contribution < 1.29 is 14.7 Å². The summed E-state index contributed by atoms with van der Waals surface area (Å²) in [5.74, 6) is -0.0748. The Morgan fingerprint density at radius 1 is 1.41 bits per heavy atom. The molecule has 2 atom stereocenters. The molecule has 27 heavy (non-hydrogen) atoms. The first-order valence-electron chi connectivity index (χ1n) is 8.44. The van der Waals surface area contributed by atoms with Crippen LogP contribution in [0.4, 0.5) is 10.5 Å². The molecule has 2 amide bonds. The van der Waals surface area contributed by atoms with E-state index in [0.29, 0.717) is 30.9 Å². The quantitative estimate of drug-likeness (QED) is 0.725. The molecule has 0 fully saturated rings. The number of fused-ring (bicyclic) bond motifs is 1. The van der Waals surface area contributed by atoms with Crippen LogP contribution >= 0.6 is 12.4 Å². The number of benzene rings is 1. The minimum atomic E-state index is -1.09. The SMILES string of the molecule is CC(=O)N1c2ccc(-c3cn(CCN)nn3)cc2[C@H](NC(=O)O)C[C@@H]1C.Cl. The van der Waals surface area contributed by atoms with Gasteiger partial charge in [-0.1, -0.05) is 11.3 Å². The van der Waals surface area contributed by atoms with Crippen LogP contribution in [0.25, 0.3) is 11.3 Å². The molecule has 3 rings (SSSR count). The van der Waals surface area contributed by atoms with Gasteiger partial charge in [-0.25, -0.2) is 4.79 Å². The number of carbonyl (C=O) groups is 2. The number of hydrogen-bond donors (Lipinski definition) is 3. The summed E-state index contributed by atoms with van der Waals surface area (Å²) in [6.07, 6.45) is 1.20. The Morgan fingerprint density at radius 2 is 2.15 bits per heavy atom. The zero-order valence-electron chi connectivity index (χ0n) is 15.1. The van der Waals surface area contributed by atoms with Crippen LogP contribution in [0.1, 0.15) is 31.9 Å². The lowest BCUT2D eigenvalue weighted by atomic mass is 9.90. The molecule has 10 heteroatoms. The minimum absolute atomic E-state index is 0. The minimum Gasteiger partial charge on any atom is -0.465 e. The molecule has 1 aliphatic heterocycles. The van der Waals surface area contributed by atoms with Crippen molar-refractivity contribution >= 4 is 30.1 Å². The van der Waals surface area contributed by atoms with E-state index < -0.39 is 12.1 Å². The topological polar surface area (TPSA) is 126 Å². The Labute approximate surface area is 162 Å². The maximum atomic E-state index is 12.1. The summed E-state index contributed by atoms with van der Waals surface area (Å²) in [5.41, 5.74) is 8.48. The lowest BCUT2D eigenvalue weighted by Crippen LogP contribution is -2.45. The third kappa shape index (κ3) is 4.20. The molecule has 1 aromatic heterocycles. The van der Waals surface area contributed by atoms with Crippen molar-refractivity contribution in [2.45, 2.75) is 38.9 Å². The van der Waals surface area contributed by atoms with Gasteiger partial charge in [0.25, 0.3) is 0 Å². The molecule has 9 nitrogen and oxygen atoms in total. The zero-order chi connectivity index (χ0) is 18.8. The molecule has 0 saturated heterocycles. The van der Waals surface area contributed by atoms with Crippen LogP contribution in [-0.2, 0) is 11.3 Å². The molecule has 0 bridgehead atoms. The summed E-state index contributed by atoms with van der Waals surface area (Å²) >= 11 is 0. The van der Waals surface area contributed by atoms with E-state index in [0.717, 1.165) is 11.1 Å². The highest BCUT2D eigenvalue weighted by Gasteiger charge is 2.33. The molecule has 146 valence electrons. The second-order valence-electron chi connectivity index (χ2n) is 6.40. The monoisotopic (exact) mass is 394 g/mol. The predicted octanol–water partition coefficient (Wildman–Crippen LogP) is 1.78. The molecule has 2 heterocycles. The van der Waals surface area contributed by atoms with Crippen molar-refractivity contribution in [3.05, 3.63) is 30.0 Å². The normalized spacial score (nSPS) is 18.4. The van der Waals surface area contributed by atoms with E-state index in [1.165, 1.54) is 6.92 Å². The molecule has 1 aromatic carbocycles. The van der Waals surface area contributed by atoms with Gasteiger partial charge in [-0.3, -0.25) is 9.48 Å². The lowest BCUT2D eigenvalue weighted by molar-refractivity contribution is -0.117. The fourth-order valence-corrected chi connectivity index (χ4v) is 3.46. The van der Waals surface area contributed by atoms with Crippen LogP contribution in [0.3, 0.4) is 0 Å². The maximum Gasteiger partial charge on any atom is 0.405 e. The molecule has 0 spiro atoms. The Kier molecular flexibility index (Phi) is 6.40. The number of carbonyl (C=O) groups excluding carboxylic acids is 1.